The van der Waals surface area contributed by atoms with E-state index in [4.69, 9.17) is 15.2 Å². The summed E-state index contributed by atoms with van der Waals surface area (Å²) in [6, 6.07) is 5.55. The number of aliphatic hydroxyl groups excluding tert-OH is 1. The topological polar surface area (TPSA) is 123 Å². The highest BCUT2D eigenvalue weighted by molar-refractivity contribution is 6.24. The number of hydrogen-bond acceptors (Lipinski definition) is 8. The average molecular weight is 425 g/mol. The Kier molecular flexibility index (Phi) is 6.06. The largest absolute Gasteiger partial charge is 0.485 e. The van der Waals surface area contributed by atoms with Crippen LogP contribution in [0, 0.1) is 0 Å². The highest BCUT2D eigenvalue weighted by atomic mass is 16.5. The first-order valence-electron chi connectivity index (χ1n) is 10.3. The number of hydrogen-bond donors (Lipinski definition) is 3. The molecule has 1 fully saturated rings. The van der Waals surface area contributed by atoms with Crippen LogP contribution in [0.3, 0.4) is 0 Å². The van der Waals surface area contributed by atoms with Crippen LogP contribution in [0.25, 0.3) is 5.57 Å². The van der Waals surface area contributed by atoms with Crippen molar-refractivity contribution in [3.63, 3.8) is 0 Å². The summed E-state index contributed by atoms with van der Waals surface area (Å²) in [4.78, 5) is 23.5. The fourth-order valence-electron chi connectivity index (χ4n) is 3.78. The van der Waals surface area contributed by atoms with Gasteiger partial charge in [-0.05, 0) is 37.5 Å². The maximum atomic E-state index is 13.0. The summed E-state index contributed by atoms with van der Waals surface area (Å²) in [6.45, 7) is 4.44. The number of fused-ring (bicyclic) bond motifs is 1. The molecule has 31 heavy (non-hydrogen) atoms. The number of aromatic nitrogens is 2. The molecule has 0 bridgehead atoms. The van der Waals surface area contributed by atoms with Gasteiger partial charge in [-0.1, -0.05) is 0 Å². The van der Waals surface area contributed by atoms with Crippen LogP contribution in [0.4, 0.5) is 11.4 Å². The lowest BCUT2D eigenvalue weighted by atomic mass is 9.92. The van der Waals surface area contributed by atoms with Crippen molar-refractivity contribution in [3.05, 3.63) is 48.2 Å². The van der Waals surface area contributed by atoms with Crippen LogP contribution in [0.1, 0.15) is 24.7 Å². The second kappa shape index (κ2) is 8.91. The number of benzene rings is 1. The van der Waals surface area contributed by atoms with Gasteiger partial charge in [0.05, 0.1) is 36.8 Å². The maximum absolute atomic E-state index is 13.0. The lowest BCUT2D eigenvalue weighted by molar-refractivity contribution is -0.111. The molecule has 0 radical (unpaired) electrons. The van der Waals surface area contributed by atoms with Gasteiger partial charge >= 0.3 is 0 Å². The standard InChI is InChI=1S/C22H27N5O4/c1-22(14-28)4-3-15-11-17(18(12-19(15)31-22)27-7-9-30-10-8-27)26-21(29)16(13-23)20-24-5-2-6-25-20/h2,5-6,11-13,28H,3-4,7-10,14,23H2,1H3,(H,26,29)/b16-13+/t22-/m1/s1. The molecule has 1 amide bonds. The first-order valence-corrected chi connectivity index (χ1v) is 10.3. The van der Waals surface area contributed by atoms with Crippen LogP contribution in [-0.2, 0) is 16.0 Å². The van der Waals surface area contributed by atoms with Crippen LogP contribution in [0.15, 0.2) is 36.8 Å². The monoisotopic (exact) mass is 425 g/mol. The van der Waals surface area contributed by atoms with Crippen molar-refractivity contribution >= 4 is 22.9 Å². The first kappa shape index (κ1) is 21.1. The van der Waals surface area contributed by atoms with Gasteiger partial charge in [0.15, 0.2) is 5.82 Å². The van der Waals surface area contributed by atoms with E-state index in [1.165, 1.54) is 6.20 Å². The quantitative estimate of drug-likeness (QED) is 0.613. The summed E-state index contributed by atoms with van der Waals surface area (Å²) in [7, 11) is 0. The number of carbonyl (C=O) groups excluding carboxylic acids is 1. The summed E-state index contributed by atoms with van der Waals surface area (Å²) in [5.41, 5.74) is 7.78. The Hall–Kier alpha value is -3.17. The van der Waals surface area contributed by atoms with Gasteiger partial charge < -0.3 is 30.5 Å². The van der Waals surface area contributed by atoms with Gasteiger partial charge in [-0.25, -0.2) is 9.97 Å². The highest BCUT2D eigenvalue weighted by Gasteiger charge is 2.32. The van der Waals surface area contributed by atoms with E-state index in [-0.39, 0.29) is 23.9 Å². The molecule has 3 heterocycles. The fourth-order valence-corrected chi connectivity index (χ4v) is 3.78. The van der Waals surface area contributed by atoms with E-state index < -0.39 is 5.60 Å². The predicted octanol–water partition coefficient (Wildman–Crippen LogP) is 1.33. The number of aryl methyl sites for hydroxylation is 1. The third-order valence-corrected chi connectivity index (χ3v) is 5.61. The predicted molar refractivity (Wildman–Crippen MR) is 117 cm³/mol. The van der Waals surface area contributed by atoms with Crippen molar-refractivity contribution in [2.45, 2.75) is 25.4 Å². The molecule has 0 saturated carbocycles. The van der Waals surface area contributed by atoms with Crippen LogP contribution in [0.5, 0.6) is 5.75 Å². The van der Waals surface area contributed by atoms with Gasteiger partial charge in [0, 0.05) is 37.7 Å². The summed E-state index contributed by atoms with van der Waals surface area (Å²) in [5, 5.41) is 12.7. The number of nitrogens with two attached hydrogens (primary N) is 1. The van der Waals surface area contributed by atoms with Crippen LogP contribution < -0.4 is 20.7 Å². The molecule has 1 saturated heterocycles. The molecule has 1 atom stereocenters. The summed E-state index contributed by atoms with van der Waals surface area (Å²) in [6.07, 6.45) is 5.76. The Morgan fingerprint density at radius 3 is 2.74 bits per heavy atom. The summed E-state index contributed by atoms with van der Waals surface area (Å²) < 4.78 is 11.6. The highest BCUT2D eigenvalue weighted by Crippen LogP contribution is 2.40. The molecule has 2 aliphatic rings. The molecule has 9 heteroatoms. The zero-order valence-corrected chi connectivity index (χ0v) is 17.5. The van der Waals surface area contributed by atoms with Crippen molar-refractivity contribution in [2.75, 3.05) is 43.1 Å². The molecule has 9 nitrogen and oxygen atoms in total. The van der Waals surface area contributed by atoms with Gasteiger partial charge in [0.1, 0.15) is 11.4 Å². The maximum Gasteiger partial charge on any atom is 0.261 e. The Bertz CT molecular complexity index is 975. The fraction of sp³-hybridized carbons (Fsp3) is 0.409. The first-order chi connectivity index (χ1) is 15.0. The third-order valence-electron chi connectivity index (χ3n) is 5.61. The normalized spacial score (nSPS) is 21.2. The molecule has 0 spiro atoms. The van der Waals surface area contributed by atoms with E-state index >= 15 is 0 Å². The number of carbonyl (C=O) groups is 1. The average Bonchev–Trinajstić information content (AvgIpc) is 2.80. The molecular formula is C22H27N5O4. The Morgan fingerprint density at radius 1 is 1.32 bits per heavy atom. The van der Waals surface area contributed by atoms with E-state index in [0.29, 0.717) is 38.4 Å². The molecule has 0 unspecified atom stereocenters. The van der Waals surface area contributed by atoms with E-state index in [0.717, 1.165) is 23.4 Å². The number of anilines is 2. The minimum absolute atomic E-state index is 0.0560. The second-order valence-corrected chi connectivity index (χ2v) is 7.89. The molecule has 4 N–H and O–H groups in total. The second-order valence-electron chi connectivity index (χ2n) is 7.89. The molecule has 1 aromatic carbocycles. The van der Waals surface area contributed by atoms with Gasteiger partial charge in [0.2, 0.25) is 0 Å². The van der Waals surface area contributed by atoms with E-state index in [1.807, 2.05) is 19.1 Å². The van der Waals surface area contributed by atoms with Crippen molar-refractivity contribution in [3.8, 4) is 5.75 Å². The van der Waals surface area contributed by atoms with E-state index in [1.54, 1.807) is 18.5 Å². The van der Waals surface area contributed by atoms with Crippen LogP contribution >= 0.6 is 0 Å². The smallest absolute Gasteiger partial charge is 0.261 e. The number of ether oxygens (including phenoxy) is 2. The SMILES string of the molecule is C[C@]1(CO)CCc2cc(NC(=O)/C(=C/N)c3ncccn3)c(N3CCOCC3)cc2O1. The zero-order chi connectivity index (χ0) is 21.8. The molecule has 4 rings (SSSR count). The lowest BCUT2D eigenvalue weighted by Crippen LogP contribution is -2.40. The van der Waals surface area contributed by atoms with Gasteiger partial charge in [-0.3, -0.25) is 4.79 Å². The Balaban J connectivity index is 1.68. The number of nitrogens with zero attached hydrogens (tertiary/aromatic N) is 3. The van der Waals surface area contributed by atoms with Crippen molar-refractivity contribution in [1.82, 2.24) is 9.97 Å². The van der Waals surface area contributed by atoms with E-state index in [9.17, 15) is 9.90 Å². The molecule has 2 aromatic rings. The van der Waals surface area contributed by atoms with Gasteiger partial charge in [0.25, 0.3) is 5.91 Å². The van der Waals surface area contributed by atoms with E-state index in [2.05, 4.69) is 20.2 Å². The van der Waals surface area contributed by atoms with Gasteiger partial charge in [-0.2, -0.15) is 0 Å². The summed E-state index contributed by atoms with van der Waals surface area (Å²) >= 11 is 0. The molecular weight excluding hydrogens is 398 g/mol. The van der Waals surface area contributed by atoms with Crippen LogP contribution in [0.2, 0.25) is 0 Å². The third kappa shape index (κ3) is 4.47. The van der Waals surface area contributed by atoms with Crippen molar-refractivity contribution in [2.24, 2.45) is 5.73 Å². The van der Waals surface area contributed by atoms with Crippen molar-refractivity contribution < 1.29 is 19.4 Å². The molecule has 1 aromatic heterocycles. The Labute approximate surface area is 180 Å². The van der Waals surface area contributed by atoms with Gasteiger partial charge in [-0.15, -0.1) is 0 Å². The number of morpholine rings is 1. The minimum atomic E-state index is -0.611. The minimum Gasteiger partial charge on any atom is -0.485 e. The zero-order valence-electron chi connectivity index (χ0n) is 17.5. The van der Waals surface area contributed by atoms with Crippen molar-refractivity contribution in [1.29, 1.82) is 0 Å². The number of aliphatic hydroxyl groups is 1. The lowest BCUT2D eigenvalue weighted by Gasteiger charge is -2.36. The summed E-state index contributed by atoms with van der Waals surface area (Å²) in [5.74, 6) is 0.596. The number of amides is 1. The van der Waals surface area contributed by atoms with Crippen LogP contribution in [-0.4, -0.2) is 59.5 Å². The molecule has 0 aliphatic carbocycles. The molecule has 164 valence electrons. The number of nitrogens with one attached hydrogen (secondary N) is 1. The Morgan fingerprint density at radius 2 is 2.06 bits per heavy atom. The molecule has 2 aliphatic heterocycles. The number of rotatable bonds is 5.